The predicted octanol–water partition coefficient (Wildman–Crippen LogP) is 4.44. The van der Waals surface area contributed by atoms with Crippen LogP contribution in [0.15, 0.2) is 36.4 Å². The molecule has 0 spiro atoms. The van der Waals surface area contributed by atoms with Crippen LogP contribution in [0.1, 0.15) is 18.1 Å². The van der Waals surface area contributed by atoms with Crippen LogP contribution in [0.2, 0.25) is 10.0 Å². The van der Waals surface area contributed by atoms with Crippen molar-refractivity contribution >= 4 is 46.4 Å². The van der Waals surface area contributed by atoms with Crippen molar-refractivity contribution in [1.29, 1.82) is 0 Å². The molecule has 0 aliphatic carbocycles. The molecule has 2 N–H and O–H groups in total. The lowest BCUT2D eigenvalue weighted by Gasteiger charge is -2.13. The SMILES string of the molecule is CCc1cccc(C)c1NC(=O)C(=O)Nc1ccc(Cl)cc1Cl. The van der Waals surface area contributed by atoms with E-state index in [1.54, 1.807) is 12.1 Å². The molecule has 0 unspecified atom stereocenters. The van der Waals surface area contributed by atoms with E-state index in [1.807, 2.05) is 32.0 Å². The molecule has 120 valence electrons. The summed E-state index contributed by atoms with van der Waals surface area (Å²) in [6.07, 6.45) is 0.752. The fourth-order valence-electron chi connectivity index (χ4n) is 2.14. The van der Waals surface area contributed by atoms with E-state index >= 15 is 0 Å². The summed E-state index contributed by atoms with van der Waals surface area (Å²) in [6, 6.07) is 10.3. The van der Waals surface area contributed by atoms with Crippen molar-refractivity contribution in [3.05, 3.63) is 57.6 Å². The van der Waals surface area contributed by atoms with Gasteiger partial charge in [0, 0.05) is 10.7 Å². The van der Waals surface area contributed by atoms with E-state index < -0.39 is 11.8 Å². The summed E-state index contributed by atoms with van der Waals surface area (Å²) >= 11 is 11.8. The van der Waals surface area contributed by atoms with Crippen LogP contribution in [-0.4, -0.2) is 11.8 Å². The van der Waals surface area contributed by atoms with Gasteiger partial charge in [-0.05, 0) is 42.7 Å². The van der Waals surface area contributed by atoms with Gasteiger partial charge in [0.2, 0.25) is 0 Å². The van der Waals surface area contributed by atoms with Crippen LogP contribution in [0.4, 0.5) is 11.4 Å². The van der Waals surface area contributed by atoms with E-state index in [2.05, 4.69) is 10.6 Å². The minimum absolute atomic E-state index is 0.267. The van der Waals surface area contributed by atoms with Gasteiger partial charge in [-0.2, -0.15) is 0 Å². The van der Waals surface area contributed by atoms with Gasteiger partial charge in [0.05, 0.1) is 10.7 Å². The van der Waals surface area contributed by atoms with Gasteiger partial charge in [0.25, 0.3) is 0 Å². The molecule has 2 rings (SSSR count). The molecular formula is C17H16Cl2N2O2. The van der Waals surface area contributed by atoms with Crippen LogP contribution < -0.4 is 10.6 Å². The number of hydrogen-bond acceptors (Lipinski definition) is 2. The summed E-state index contributed by atoms with van der Waals surface area (Å²) in [6.45, 7) is 3.86. The van der Waals surface area contributed by atoms with Gasteiger partial charge in [-0.3, -0.25) is 9.59 Å². The van der Waals surface area contributed by atoms with Crippen molar-refractivity contribution in [3.63, 3.8) is 0 Å². The van der Waals surface area contributed by atoms with Gasteiger partial charge in [0.15, 0.2) is 0 Å². The standard InChI is InChI=1S/C17H16Cl2N2O2/c1-3-11-6-4-5-10(2)15(11)21-17(23)16(22)20-14-8-7-12(18)9-13(14)19/h4-9H,3H2,1-2H3,(H,20,22)(H,21,23). The van der Waals surface area contributed by atoms with E-state index in [4.69, 9.17) is 23.2 Å². The van der Waals surface area contributed by atoms with Gasteiger partial charge >= 0.3 is 11.8 Å². The quantitative estimate of drug-likeness (QED) is 0.803. The number of amides is 2. The van der Waals surface area contributed by atoms with Crippen LogP contribution in [0.5, 0.6) is 0 Å². The summed E-state index contributed by atoms with van der Waals surface area (Å²) in [4.78, 5) is 24.2. The fourth-order valence-corrected chi connectivity index (χ4v) is 2.60. The second kappa shape index (κ2) is 7.49. The van der Waals surface area contributed by atoms with Crippen molar-refractivity contribution in [2.75, 3.05) is 10.6 Å². The number of para-hydroxylation sites is 1. The zero-order valence-corrected chi connectivity index (χ0v) is 14.3. The zero-order valence-electron chi connectivity index (χ0n) is 12.7. The molecule has 0 bridgehead atoms. The number of hydrogen-bond donors (Lipinski definition) is 2. The van der Waals surface area contributed by atoms with Crippen LogP contribution in [0, 0.1) is 6.92 Å². The maximum absolute atomic E-state index is 12.1. The maximum Gasteiger partial charge on any atom is 0.314 e. The Hall–Kier alpha value is -2.04. The Balaban J connectivity index is 2.13. The third kappa shape index (κ3) is 4.24. The molecule has 0 fully saturated rings. The highest BCUT2D eigenvalue weighted by atomic mass is 35.5. The molecule has 0 atom stereocenters. The Kier molecular flexibility index (Phi) is 5.64. The molecule has 2 amide bonds. The van der Waals surface area contributed by atoms with E-state index in [0.29, 0.717) is 16.4 Å². The van der Waals surface area contributed by atoms with Gasteiger partial charge in [-0.25, -0.2) is 0 Å². The topological polar surface area (TPSA) is 58.2 Å². The minimum atomic E-state index is -0.792. The molecule has 0 aromatic heterocycles. The molecule has 0 aliphatic rings. The van der Waals surface area contributed by atoms with Crippen LogP contribution in [0.25, 0.3) is 0 Å². The number of halogens is 2. The molecular weight excluding hydrogens is 335 g/mol. The Morgan fingerprint density at radius 2 is 1.74 bits per heavy atom. The van der Waals surface area contributed by atoms with Crippen LogP contribution >= 0.6 is 23.2 Å². The second-order valence-electron chi connectivity index (χ2n) is 5.00. The molecule has 0 saturated carbocycles. The van der Waals surface area contributed by atoms with Crippen LogP contribution in [0.3, 0.4) is 0 Å². The molecule has 0 radical (unpaired) electrons. The molecule has 0 saturated heterocycles. The average molecular weight is 351 g/mol. The highest BCUT2D eigenvalue weighted by Crippen LogP contribution is 2.25. The molecule has 23 heavy (non-hydrogen) atoms. The van der Waals surface area contributed by atoms with Gasteiger partial charge in [-0.15, -0.1) is 0 Å². The summed E-state index contributed by atoms with van der Waals surface area (Å²) in [5.41, 5.74) is 2.86. The smallest absolute Gasteiger partial charge is 0.314 e. The lowest BCUT2D eigenvalue weighted by molar-refractivity contribution is -0.133. The van der Waals surface area contributed by atoms with E-state index in [9.17, 15) is 9.59 Å². The Morgan fingerprint density at radius 1 is 1.04 bits per heavy atom. The molecule has 0 aliphatic heterocycles. The molecule has 2 aromatic carbocycles. The number of carbonyl (C=O) groups is 2. The first-order valence-corrected chi connectivity index (χ1v) is 7.83. The van der Waals surface area contributed by atoms with Gasteiger partial charge in [-0.1, -0.05) is 48.3 Å². The molecule has 4 nitrogen and oxygen atoms in total. The molecule has 6 heteroatoms. The van der Waals surface area contributed by atoms with Crippen molar-refractivity contribution in [2.24, 2.45) is 0 Å². The summed E-state index contributed by atoms with van der Waals surface area (Å²) in [5.74, 6) is -1.54. The Morgan fingerprint density at radius 3 is 2.39 bits per heavy atom. The number of benzene rings is 2. The third-order valence-corrected chi connectivity index (χ3v) is 3.91. The first-order valence-electron chi connectivity index (χ1n) is 7.08. The van der Waals surface area contributed by atoms with Crippen molar-refractivity contribution < 1.29 is 9.59 Å². The predicted molar refractivity (Wildman–Crippen MR) is 94.3 cm³/mol. The number of rotatable bonds is 3. The van der Waals surface area contributed by atoms with Crippen molar-refractivity contribution in [1.82, 2.24) is 0 Å². The Labute approximate surface area is 144 Å². The average Bonchev–Trinajstić information content (AvgIpc) is 2.51. The minimum Gasteiger partial charge on any atom is -0.317 e. The first kappa shape index (κ1) is 17.3. The van der Waals surface area contributed by atoms with E-state index in [1.165, 1.54) is 6.07 Å². The van der Waals surface area contributed by atoms with Crippen LogP contribution in [-0.2, 0) is 16.0 Å². The fraction of sp³-hybridized carbons (Fsp3) is 0.176. The lowest BCUT2D eigenvalue weighted by atomic mass is 10.1. The van der Waals surface area contributed by atoms with Crippen molar-refractivity contribution in [3.8, 4) is 0 Å². The maximum atomic E-state index is 12.1. The monoisotopic (exact) mass is 350 g/mol. The normalized spacial score (nSPS) is 10.3. The number of nitrogens with one attached hydrogen (secondary N) is 2. The lowest BCUT2D eigenvalue weighted by Crippen LogP contribution is -2.29. The van der Waals surface area contributed by atoms with Gasteiger partial charge in [0.1, 0.15) is 0 Å². The van der Waals surface area contributed by atoms with E-state index in [-0.39, 0.29) is 5.02 Å². The Bertz CT molecular complexity index is 760. The molecule has 2 aromatic rings. The number of aryl methyl sites for hydroxylation is 2. The van der Waals surface area contributed by atoms with E-state index in [0.717, 1.165) is 17.5 Å². The first-order chi connectivity index (χ1) is 10.9. The largest absolute Gasteiger partial charge is 0.317 e. The summed E-state index contributed by atoms with van der Waals surface area (Å²) < 4.78 is 0. The van der Waals surface area contributed by atoms with Gasteiger partial charge < -0.3 is 10.6 Å². The van der Waals surface area contributed by atoms with Crippen molar-refractivity contribution in [2.45, 2.75) is 20.3 Å². The second-order valence-corrected chi connectivity index (χ2v) is 5.84. The molecule has 0 heterocycles. The summed E-state index contributed by atoms with van der Waals surface area (Å²) in [5, 5.41) is 5.85. The summed E-state index contributed by atoms with van der Waals surface area (Å²) in [7, 11) is 0. The number of carbonyl (C=O) groups excluding carboxylic acids is 2. The highest BCUT2D eigenvalue weighted by Gasteiger charge is 2.17. The third-order valence-electron chi connectivity index (χ3n) is 3.36. The highest BCUT2D eigenvalue weighted by molar-refractivity contribution is 6.45. The zero-order chi connectivity index (χ0) is 17.0. The number of anilines is 2.